The van der Waals surface area contributed by atoms with Crippen molar-refractivity contribution in [3.05, 3.63) is 89.3 Å². The number of aryl methyl sites for hydroxylation is 1. The van der Waals surface area contributed by atoms with E-state index in [4.69, 9.17) is 0 Å². The van der Waals surface area contributed by atoms with E-state index in [-0.39, 0.29) is 11.4 Å². The van der Waals surface area contributed by atoms with E-state index in [0.29, 0.717) is 11.1 Å². The molecule has 4 nitrogen and oxygen atoms in total. The second-order valence-corrected chi connectivity index (χ2v) is 5.37. The lowest BCUT2D eigenvalue weighted by atomic mass is 9.99. The van der Waals surface area contributed by atoms with E-state index in [1.54, 1.807) is 35.3 Å². The lowest BCUT2D eigenvalue weighted by Gasteiger charge is -2.02. The molecule has 0 saturated carbocycles. The molecule has 116 valence electrons. The summed E-state index contributed by atoms with van der Waals surface area (Å²) < 4.78 is 1.71. The first-order valence-electron chi connectivity index (χ1n) is 7.51. The van der Waals surface area contributed by atoms with E-state index < -0.39 is 0 Å². The fraction of sp³-hybridized carbons (Fsp3) is 0.0500. The van der Waals surface area contributed by atoms with Gasteiger partial charge in [0.1, 0.15) is 11.6 Å². The zero-order valence-corrected chi connectivity index (χ0v) is 13.2. The molecule has 0 aliphatic carbocycles. The lowest BCUT2D eigenvalue weighted by molar-refractivity contribution is 0.103. The number of benzene rings is 2. The van der Waals surface area contributed by atoms with E-state index in [0.717, 1.165) is 11.3 Å². The van der Waals surface area contributed by atoms with Crippen molar-refractivity contribution >= 4 is 11.9 Å². The first kappa shape index (κ1) is 15.4. The topological polar surface area (TPSA) is 58.7 Å². The molecule has 0 bridgehead atoms. The summed E-state index contributed by atoms with van der Waals surface area (Å²) in [4.78, 5) is 12.6. The Bertz CT molecular complexity index is 946. The van der Waals surface area contributed by atoms with Gasteiger partial charge in [0.25, 0.3) is 0 Å². The Morgan fingerprint density at radius 3 is 2.54 bits per heavy atom. The number of ketones is 1. The van der Waals surface area contributed by atoms with Crippen LogP contribution in [0.1, 0.15) is 21.5 Å². The van der Waals surface area contributed by atoms with Crippen LogP contribution in [0.3, 0.4) is 0 Å². The van der Waals surface area contributed by atoms with E-state index in [2.05, 4.69) is 5.10 Å². The van der Waals surface area contributed by atoms with Gasteiger partial charge in [-0.2, -0.15) is 10.4 Å². The number of nitriles is 1. The molecular formula is C20H15N3O. The molecule has 0 unspecified atom stereocenters. The maximum absolute atomic E-state index is 12.6. The van der Waals surface area contributed by atoms with Crippen molar-refractivity contribution in [2.75, 3.05) is 0 Å². The van der Waals surface area contributed by atoms with Gasteiger partial charge >= 0.3 is 0 Å². The van der Waals surface area contributed by atoms with Crippen LogP contribution < -0.4 is 0 Å². The van der Waals surface area contributed by atoms with Crippen LogP contribution in [0.15, 0.2) is 72.6 Å². The van der Waals surface area contributed by atoms with Crippen LogP contribution in [0.2, 0.25) is 0 Å². The lowest BCUT2D eigenvalue weighted by Crippen LogP contribution is -2.03. The quantitative estimate of drug-likeness (QED) is 0.416. The van der Waals surface area contributed by atoms with E-state index in [1.807, 2.05) is 55.5 Å². The van der Waals surface area contributed by atoms with Crippen molar-refractivity contribution in [2.24, 2.45) is 0 Å². The summed E-state index contributed by atoms with van der Waals surface area (Å²) >= 11 is 0. The van der Waals surface area contributed by atoms with Gasteiger partial charge in [-0.15, -0.1) is 0 Å². The molecule has 0 fully saturated rings. The maximum Gasteiger partial charge on any atom is 0.203 e. The Hall–Kier alpha value is -3.45. The van der Waals surface area contributed by atoms with Crippen LogP contribution in [0.25, 0.3) is 11.8 Å². The number of hydrogen-bond acceptors (Lipinski definition) is 3. The minimum absolute atomic E-state index is 0.0944. The third-order valence-electron chi connectivity index (χ3n) is 3.69. The van der Waals surface area contributed by atoms with E-state index in [9.17, 15) is 10.1 Å². The number of allylic oxidation sites excluding steroid dienone is 1. The predicted octanol–water partition coefficient (Wildman–Crippen LogP) is 3.97. The monoisotopic (exact) mass is 313 g/mol. The van der Waals surface area contributed by atoms with Crippen molar-refractivity contribution in [1.29, 1.82) is 5.26 Å². The molecule has 0 atom stereocenters. The molecule has 0 N–H and O–H groups in total. The summed E-state index contributed by atoms with van der Waals surface area (Å²) in [6.45, 7) is 1.86. The number of carbonyl (C=O) groups excluding carboxylic acids is 1. The summed E-state index contributed by atoms with van der Waals surface area (Å²) in [5, 5.41) is 13.6. The summed E-state index contributed by atoms with van der Waals surface area (Å²) in [6.07, 6.45) is 4.99. The van der Waals surface area contributed by atoms with Gasteiger partial charge in [-0.3, -0.25) is 4.79 Å². The van der Waals surface area contributed by atoms with Gasteiger partial charge in [-0.25, -0.2) is 4.68 Å². The molecule has 0 aliphatic heterocycles. The fourth-order valence-corrected chi connectivity index (χ4v) is 2.42. The Balaban J connectivity index is 1.92. The van der Waals surface area contributed by atoms with Crippen molar-refractivity contribution in [3.8, 4) is 11.8 Å². The zero-order chi connectivity index (χ0) is 16.9. The van der Waals surface area contributed by atoms with Crippen LogP contribution in [-0.4, -0.2) is 15.6 Å². The standard InChI is InChI=1S/C20H15N3O/c1-15-7-5-6-10-19(15)20(24)17(12-21)11-16-13-22-23(14-16)18-8-3-2-4-9-18/h2-11,13-14H,1H3/b17-11+. The highest BCUT2D eigenvalue weighted by molar-refractivity contribution is 6.14. The van der Waals surface area contributed by atoms with Gasteiger partial charge in [0, 0.05) is 17.3 Å². The van der Waals surface area contributed by atoms with Crippen molar-refractivity contribution in [3.63, 3.8) is 0 Å². The van der Waals surface area contributed by atoms with Crippen LogP contribution in [0.4, 0.5) is 0 Å². The maximum atomic E-state index is 12.6. The van der Waals surface area contributed by atoms with E-state index >= 15 is 0 Å². The molecule has 24 heavy (non-hydrogen) atoms. The number of carbonyl (C=O) groups is 1. The van der Waals surface area contributed by atoms with E-state index in [1.165, 1.54) is 0 Å². The first-order valence-corrected chi connectivity index (χ1v) is 7.51. The molecule has 3 rings (SSSR count). The van der Waals surface area contributed by atoms with Crippen molar-refractivity contribution in [1.82, 2.24) is 9.78 Å². The van der Waals surface area contributed by atoms with Crippen molar-refractivity contribution in [2.45, 2.75) is 6.92 Å². The highest BCUT2D eigenvalue weighted by atomic mass is 16.1. The Morgan fingerprint density at radius 1 is 1.12 bits per heavy atom. The number of Topliss-reactive ketones (excluding diaryl/α,β-unsaturated/α-hetero) is 1. The molecule has 4 heteroatoms. The molecule has 0 radical (unpaired) electrons. The average Bonchev–Trinajstić information content (AvgIpc) is 3.09. The molecule has 0 saturated heterocycles. The summed E-state index contributed by atoms with van der Waals surface area (Å²) in [5.74, 6) is -0.275. The third-order valence-corrected chi connectivity index (χ3v) is 3.69. The molecule has 0 spiro atoms. The van der Waals surface area contributed by atoms with Crippen LogP contribution in [-0.2, 0) is 0 Å². The number of nitrogens with zero attached hydrogens (tertiary/aromatic N) is 3. The Morgan fingerprint density at radius 2 is 1.83 bits per heavy atom. The van der Waals surface area contributed by atoms with Crippen molar-refractivity contribution < 1.29 is 4.79 Å². The first-order chi connectivity index (χ1) is 11.7. The van der Waals surface area contributed by atoms with Crippen LogP contribution in [0, 0.1) is 18.3 Å². The second kappa shape index (κ2) is 6.76. The molecule has 0 aliphatic rings. The molecule has 0 amide bonds. The van der Waals surface area contributed by atoms with Crippen LogP contribution >= 0.6 is 0 Å². The highest BCUT2D eigenvalue weighted by Gasteiger charge is 2.14. The normalized spacial score (nSPS) is 11.1. The average molecular weight is 313 g/mol. The number of rotatable bonds is 4. The SMILES string of the molecule is Cc1ccccc1C(=O)/C(C#N)=C/c1cnn(-c2ccccc2)c1. The van der Waals surface area contributed by atoms with Crippen LogP contribution in [0.5, 0.6) is 0 Å². The van der Waals surface area contributed by atoms with Gasteiger partial charge in [0.15, 0.2) is 0 Å². The Kier molecular flexibility index (Phi) is 4.35. The second-order valence-electron chi connectivity index (χ2n) is 5.37. The Labute approximate surface area is 140 Å². The fourth-order valence-electron chi connectivity index (χ4n) is 2.42. The van der Waals surface area contributed by atoms with Gasteiger partial charge in [-0.05, 0) is 30.7 Å². The summed E-state index contributed by atoms with van der Waals surface area (Å²) in [6, 6.07) is 18.9. The smallest absolute Gasteiger partial charge is 0.203 e. The summed E-state index contributed by atoms with van der Waals surface area (Å²) in [5.41, 5.74) is 3.11. The van der Waals surface area contributed by atoms with Gasteiger partial charge in [-0.1, -0.05) is 42.5 Å². The minimum Gasteiger partial charge on any atom is -0.288 e. The number of para-hydroxylation sites is 1. The zero-order valence-electron chi connectivity index (χ0n) is 13.2. The molecule has 1 aromatic heterocycles. The van der Waals surface area contributed by atoms with Gasteiger partial charge < -0.3 is 0 Å². The van der Waals surface area contributed by atoms with Gasteiger partial charge in [0.05, 0.1) is 11.9 Å². The molecule has 3 aromatic rings. The molecule has 2 aromatic carbocycles. The number of hydrogen-bond donors (Lipinski definition) is 0. The molecule has 1 heterocycles. The predicted molar refractivity (Wildman–Crippen MR) is 92.7 cm³/mol. The molecular weight excluding hydrogens is 298 g/mol. The highest BCUT2D eigenvalue weighted by Crippen LogP contribution is 2.16. The third kappa shape index (κ3) is 3.16. The number of aromatic nitrogens is 2. The minimum atomic E-state index is -0.275. The summed E-state index contributed by atoms with van der Waals surface area (Å²) in [7, 11) is 0. The van der Waals surface area contributed by atoms with Gasteiger partial charge in [0.2, 0.25) is 5.78 Å². The largest absolute Gasteiger partial charge is 0.288 e.